The number of aromatic hydroxyl groups is 1. The zero-order valence-electron chi connectivity index (χ0n) is 12.7. The monoisotopic (exact) mass is 392 g/mol. The molecule has 4 nitrogen and oxygen atoms in total. The minimum atomic E-state index is -0.411. The van der Waals surface area contributed by atoms with Gasteiger partial charge in [0.05, 0.1) is 5.56 Å². The molecular weight excluding hydrogens is 376 g/mol. The first kappa shape index (κ1) is 15.0. The van der Waals surface area contributed by atoms with Gasteiger partial charge in [-0.05, 0) is 55.9 Å². The van der Waals surface area contributed by atoms with Gasteiger partial charge in [-0.2, -0.15) is 0 Å². The fraction of sp³-hybridized carbons (Fsp3) is 0.353. The van der Waals surface area contributed by atoms with Gasteiger partial charge in [-0.15, -0.1) is 11.3 Å². The molecular formula is C17H17BrN2O2S. The van der Waals surface area contributed by atoms with E-state index < -0.39 is 6.17 Å². The summed E-state index contributed by atoms with van der Waals surface area (Å²) < 4.78 is 0.884. The summed E-state index contributed by atoms with van der Waals surface area (Å²) in [7, 11) is 0. The van der Waals surface area contributed by atoms with Crippen LogP contribution in [-0.4, -0.2) is 11.0 Å². The number of phenols is 1. The molecule has 1 aromatic heterocycles. The summed E-state index contributed by atoms with van der Waals surface area (Å²) in [6.07, 6.45) is 3.99. The second-order valence-corrected chi connectivity index (χ2v) is 8.15. The van der Waals surface area contributed by atoms with Crippen LogP contribution >= 0.6 is 27.3 Å². The van der Waals surface area contributed by atoms with Crippen molar-refractivity contribution in [3.63, 3.8) is 0 Å². The Morgan fingerprint density at radius 1 is 1.26 bits per heavy atom. The first-order chi connectivity index (χ1) is 11.0. The zero-order chi connectivity index (χ0) is 16.1. The number of nitrogens with one attached hydrogen (secondary N) is 2. The fourth-order valence-electron chi connectivity index (χ4n) is 3.42. The van der Waals surface area contributed by atoms with Crippen LogP contribution in [0, 0.1) is 6.92 Å². The standard InChI is InChI=1S/C17H17BrN2O2S/c1-8-6-9(18)7-11(14(8)21)15-19-16(22)13-10-4-2-3-5-12(10)23-17(13)20-15/h6-7,15,20-21H,2-5H2,1H3,(H,19,22). The molecule has 1 amide bonds. The average molecular weight is 393 g/mol. The highest BCUT2D eigenvalue weighted by atomic mass is 79.9. The fourth-order valence-corrected chi connectivity index (χ4v) is 5.32. The van der Waals surface area contributed by atoms with Crippen molar-refractivity contribution in [2.45, 2.75) is 38.8 Å². The van der Waals surface area contributed by atoms with Crippen LogP contribution in [0.3, 0.4) is 0 Å². The maximum atomic E-state index is 12.6. The predicted molar refractivity (Wildman–Crippen MR) is 95.3 cm³/mol. The van der Waals surface area contributed by atoms with E-state index in [9.17, 15) is 9.90 Å². The molecule has 2 aromatic rings. The summed E-state index contributed by atoms with van der Waals surface area (Å²) in [5.74, 6) is 0.177. The molecule has 0 bridgehead atoms. The smallest absolute Gasteiger partial charge is 0.256 e. The van der Waals surface area contributed by atoms with Crippen molar-refractivity contribution in [2.24, 2.45) is 0 Å². The number of rotatable bonds is 1. The molecule has 23 heavy (non-hydrogen) atoms. The molecule has 1 aromatic carbocycles. The Morgan fingerprint density at radius 2 is 2.04 bits per heavy atom. The molecule has 0 saturated carbocycles. The van der Waals surface area contributed by atoms with Crippen LogP contribution in [0.1, 0.15) is 50.9 Å². The third-order valence-electron chi connectivity index (χ3n) is 4.55. The number of fused-ring (bicyclic) bond motifs is 3. The molecule has 0 fully saturated rings. The number of thiophene rings is 1. The Balaban J connectivity index is 1.76. The Hall–Kier alpha value is -1.53. The van der Waals surface area contributed by atoms with Crippen LogP contribution in [0.2, 0.25) is 0 Å². The molecule has 2 heterocycles. The third kappa shape index (κ3) is 2.44. The number of hydrogen-bond donors (Lipinski definition) is 3. The van der Waals surface area contributed by atoms with Crippen LogP contribution < -0.4 is 10.6 Å². The van der Waals surface area contributed by atoms with Gasteiger partial charge in [0.1, 0.15) is 16.9 Å². The van der Waals surface area contributed by atoms with E-state index in [4.69, 9.17) is 0 Å². The SMILES string of the molecule is Cc1cc(Br)cc(C2NC(=O)c3c(sc4c3CCCC4)N2)c1O. The summed E-state index contributed by atoms with van der Waals surface area (Å²) in [6.45, 7) is 1.85. The number of benzene rings is 1. The number of carbonyl (C=O) groups excluding carboxylic acids is 1. The molecule has 2 aliphatic rings. The zero-order valence-corrected chi connectivity index (χ0v) is 15.1. The van der Waals surface area contributed by atoms with Gasteiger partial charge in [0.25, 0.3) is 5.91 Å². The summed E-state index contributed by atoms with van der Waals surface area (Å²) in [6, 6.07) is 3.71. The molecule has 1 aliphatic heterocycles. The predicted octanol–water partition coefficient (Wildman–Crippen LogP) is 4.26. The number of halogens is 1. The van der Waals surface area contributed by atoms with Gasteiger partial charge in [0.15, 0.2) is 0 Å². The molecule has 3 N–H and O–H groups in total. The van der Waals surface area contributed by atoms with E-state index in [-0.39, 0.29) is 11.7 Å². The van der Waals surface area contributed by atoms with Crippen molar-refractivity contribution in [1.82, 2.24) is 5.32 Å². The molecule has 0 radical (unpaired) electrons. The molecule has 1 aliphatic carbocycles. The van der Waals surface area contributed by atoms with Gasteiger partial charge in [-0.3, -0.25) is 4.79 Å². The van der Waals surface area contributed by atoms with Gasteiger partial charge < -0.3 is 15.7 Å². The normalized spacial score (nSPS) is 19.6. The van der Waals surface area contributed by atoms with E-state index >= 15 is 0 Å². The van der Waals surface area contributed by atoms with Crippen LogP contribution in [-0.2, 0) is 12.8 Å². The van der Waals surface area contributed by atoms with Gasteiger partial charge in [-0.25, -0.2) is 0 Å². The first-order valence-electron chi connectivity index (χ1n) is 7.75. The average Bonchev–Trinajstić information content (AvgIpc) is 2.89. The highest BCUT2D eigenvalue weighted by Gasteiger charge is 2.33. The van der Waals surface area contributed by atoms with Gasteiger partial charge >= 0.3 is 0 Å². The number of phenolic OH excluding ortho intramolecular Hbond substituents is 1. The Labute approximate surface area is 147 Å². The molecule has 0 saturated heterocycles. The van der Waals surface area contributed by atoms with E-state index in [1.807, 2.05) is 19.1 Å². The number of aryl methyl sites for hydroxylation is 2. The van der Waals surface area contributed by atoms with Crippen LogP contribution in [0.15, 0.2) is 16.6 Å². The second-order valence-electron chi connectivity index (χ2n) is 6.13. The van der Waals surface area contributed by atoms with E-state index in [0.717, 1.165) is 39.9 Å². The van der Waals surface area contributed by atoms with Gasteiger partial charge in [-0.1, -0.05) is 15.9 Å². The van der Waals surface area contributed by atoms with Crippen LogP contribution in [0.25, 0.3) is 0 Å². The number of hydrogen-bond acceptors (Lipinski definition) is 4. The highest BCUT2D eigenvalue weighted by Crippen LogP contribution is 2.42. The third-order valence-corrected chi connectivity index (χ3v) is 6.24. The van der Waals surface area contributed by atoms with Crippen LogP contribution in [0.4, 0.5) is 5.00 Å². The van der Waals surface area contributed by atoms with E-state index in [0.29, 0.717) is 5.56 Å². The molecule has 4 rings (SSSR count). The molecule has 120 valence electrons. The molecule has 1 unspecified atom stereocenters. The Bertz CT molecular complexity index is 815. The molecule has 1 atom stereocenters. The van der Waals surface area contributed by atoms with Crippen molar-refractivity contribution in [3.8, 4) is 5.75 Å². The largest absolute Gasteiger partial charge is 0.507 e. The summed E-state index contributed by atoms with van der Waals surface area (Å²) in [5.41, 5.74) is 3.49. The number of amides is 1. The summed E-state index contributed by atoms with van der Waals surface area (Å²) in [4.78, 5) is 14.0. The minimum Gasteiger partial charge on any atom is -0.507 e. The number of carbonyl (C=O) groups is 1. The first-order valence-corrected chi connectivity index (χ1v) is 9.36. The quantitative estimate of drug-likeness (QED) is 0.679. The molecule has 6 heteroatoms. The van der Waals surface area contributed by atoms with E-state index in [1.54, 1.807) is 11.3 Å². The maximum Gasteiger partial charge on any atom is 0.256 e. The topological polar surface area (TPSA) is 61.4 Å². The van der Waals surface area contributed by atoms with Gasteiger partial charge in [0, 0.05) is 14.9 Å². The lowest BCUT2D eigenvalue weighted by Crippen LogP contribution is -2.38. The number of anilines is 1. The summed E-state index contributed by atoms with van der Waals surface area (Å²) >= 11 is 5.15. The summed E-state index contributed by atoms with van der Waals surface area (Å²) in [5, 5.41) is 17.7. The van der Waals surface area contributed by atoms with Crippen molar-refractivity contribution < 1.29 is 9.90 Å². The Morgan fingerprint density at radius 3 is 2.87 bits per heavy atom. The van der Waals surface area contributed by atoms with Crippen LogP contribution in [0.5, 0.6) is 5.75 Å². The van der Waals surface area contributed by atoms with Crippen molar-refractivity contribution in [2.75, 3.05) is 5.32 Å². The van der Waals surface area contributed by atoms with Crippen molar-refractivity contribution in [3.05, 3.63) is 43.7 Å². The maximum absolute atomic E-state index is 12.6. The van der Waals surface area contributed by atoms with Crippen molar-refractivity contribution in [1.29, 1.82) is 0 Å². The molecule has 0 spiro atoms. The second kappa shape index (κ2) is 5.53. The lowest BCUT2D eigenvalue weighted by atomic mass is 9.94. The van der Waals surface area contributed by atoms with Crippen molar-refractivity contribution >= 4 is 38.2 Å². The minimum absolute atomic E-state index is 0.0415. The van der Waals surface area contributed by atoms with E-state index in [2.05, 4.69) is 26.6 Å². The van der Waals surface area contributed by atoms with E-state index in [1.165, 1.54) is 16.9 Å². The Kier molecular flexibility index (Phi) is 3.61. The highest BCUT2D eigenvalue weighted by molar-refractivity contribution is 9.10. The lowest BCUT2D eigenvalue weighted by Gasteiger charge is -2.27. The lowest BCUT2D eigenvalue weighted by molar-refractivity contribution is 0.0935. The van der Waals surface area contributed by atoms with Gasteiger partial charge in [0.2, 0.25) is 0 Å².